The highest BCUT2D eigenvalue weighted by Crippen LogP contribution is 2.44. The Morgan fingerprint density at radius 1 is 1.00 bits per heavy atom. The first kappa shape index (κ1) is 26.1. The highest BCUT2D eigenvalue weighted by atomic mass is 19.1. The van der Waals surface area contributed by atoms with Crippen molar-refractivity contribution in [3.63, 3.8) is 0 Å². The van der Waals surface area contributed by atoms with Crippen LogP contribution in [0.25, 0.3) is 11.1 Å². The van der Waals surface area contributed by atoms with Gasteiger partial charge in [0.25, 0.3) is 0 Å². The number of carbonyl (C=O) groups excluding carboxylic acids is 1. The fourth-order valence-electron chi connectivity index (χ4n) is 5.71. The monoisotopic (exact) mass is 525 g/mol. The molecule has 1 aromatic heterocycles. The Labute approximate surface area is 219 Å². The smallest absolute Gasteiger partial charge is 0.321 e. The van der Waals surface area contributed by atoms with Crippen molar-refractivity contribution in [2.24, 2.45) is 11.8 Å². The largest absolute Gasteiger partial charge is 0.383 e. The standard InChI is InChI=1S/C28H30F3N5O2/c1-32-11-19-4-3-17(7-25(19)31)18-5-6-26(33-12-18)28(38)20-13-35(2)14-21(28)16-36(15-20)27(37)34-24-9-22(29)8-23(30)10-24/h3-10,12,20-21,32,38H,11,13-16H2,1-2H3,(H,34,37). The molecule has 2 unspecified atom stereocenters. The summed E-state index contributed by atoms with van der Waals surface area (Å²) in [5.74, 6) is -2.54. The molecular formula is C28H30F3N5O2. The Balaban J connectivity index is 1.36. The average Bonchev–Trinajstić information content (AvgIpc) is 2.85. The lowest BCUT2D eigenvalue weighted by Gasteiger charge is -2.54. The summed E-state index contributed by atoms with van der Waals surface area (Å²) >= 11 is 0. The zero-order valence-corrected chi connectivity index (χ0v) is 21.2. The summed E-state index contributed by atoms with van der Waals surface area (Å²) in [7, 11) is 3.73. The number of fused-ring (bicyclic) bond motifs is 2. The van der Waals surface area contributed by atoms with E-state index < -0.39 is 23.3 Å². The van der Waals surface area contributed by atoms with Crippen molar-refractivity contribution in [2.45, 2.75) is 12.1 Å². The minimum Gasteiger partial charge on any atom is -0.383 e. The Bertz CT molecular complexity index is 1300. The average molecular weight is 526 g/mol. The molecule has 3 aromatic rings. The molecule has 0 spiro atoms. The zero-order chi connectivity index (χ0) is 27.0. The van der Waals surface area contributed by atoms with Crippen molar-refractivity contribution in [3.8, 4) is 11.1 Å². The van der Waals surface area contributed by atoms with E-state index in [0.717, 1.165) is 23.8 Å². The molecule has 2 amide bonds. The first-order valence-corrected chi connectivity index (χ1v) is 12.5. The lowest BCUT2D eigenvalue weighted by atomic mass is 9.68. The van der Waals surface area contributed by atoms with Crippen LogP contribution in [0.4, 0.5) is 23.7 Å². The second kappa shape index (κ2) is 10.4. The number of rotatable bonds is 5. The van der Waals surface area contributed by atoms with E-state index in [-0.39, 0.29) is 36.4 Å². The van der Waals surface area contributed by atoms with Crippen LogP contribution in [0.15, 0.2) is 54.7 Å². The highest BCUT2D eigenvalue weighted by Gasteiger charge is 2.54. The maximum atomic E-state index is 14.4. The number of pyridine rings is 1. The molecule has 2 aliphatic heterocycles. The van der Waals surface area contributed by atoms with E-state index in [2.05, 4.69) is 20.5 Å². The van der Waals surface area contributed by atoms with Crippen molar-refractivity contribution >= 4 is 11.7 Å². The maximum absolute atomic E-state index is 14.4. The molecule has 2 aliphatic rings. The van der Waals surface area contributed by atoms with Gasteiger partial charge in [0.05, 0.1) is 5.69 Å². The van der Waals surface area contributed by atoms with Gasteiger partial charge in [0.15, 0.2) is 0 Å². The fraction of sp³-hybridized carbons (Fsp3) is 0.357. The lowest BCUT2D eigenvalue weighted by Crippen LogP contribution is -2.66. The van der Waals surface area contributed by atoms with E-state index in [1.165, 1.54) is 6.07 Å². The van der Waals surface area contributed by atoms with Crippen molar-refractivity contribution in [1.29, 1.82) is 0 Å². The van der Waals surface area contributed by atoms with Crippen LogP contribution in [0, 0.1) is 29.3 Å². The zero-order valence-electron chi connectivity index (χ0n) is 21.2. The first-order valence-electron chi connectivity index (χ1n) is 12.5. The Kier molecular flexibility index (Phi) is 7.13. The predicted octanol–water partition coefficient (Wildman–Crippen LogP) is 3.80. The van der Waals surface area contributed by atoms with Gasteiger partial charge >= 0.3 is 6.03 Å². The highest BCUT2D eigenvalue weighted by molar-refractivity contribution is 5.89. The van der Waals surface area contributed by atoms with Gasteiger partial charge in [-0.15, -0.1) is 0 Å². The van der Waals surface area contributed by atoms with Gasteiger partial charge < -0.3 is 25.5 Å². The molecule has 2 bridgehead atoms. The molecule has 2 aromatic carbocycles. The summed E-state index contributed by atoms with van der Waals surface area (Å²) in [6.45, 7) is 1.98. The number of benzene rings is 2. The number of anilines is 1. The Morgan fingerprint density at radius 3 is 2.24 bits per heavy atom. The van der Waals surface area contributed by atoms with Crippen LogP contribution < -0.4 is 10.6 Å². The quantitative estimate of drug-likeness (QED) is 0.472. The molecular weight excluding hydrogens is 495 g/mol. The number of amides is 2. The number of nitrogens with zero attached hydrogens (tertiary/aromatic N) is 3. The van der Waals surface area contributed by atoms with Gasteiger partial charge in [0, 0.05) is 73.6 Å². The molecule has 2 fully saturated rings. The summed E-state index contributed by atoms with van der Waals surface area (Å²) in [6.07, 6.45) is 1.64. The lowest BCUT2D eigenvalue weighted by molar-refractivity contribution is -0.155. The molecule has 2 atom stereocenters. The molecule has 38 heavy (non-hydrogen) atoms. The van der Waals surface area contributed by atoms with Gasteiger partial charge in [0.1, 0.15) is 23.1 Å². The second-order valence-electron chi connectivity index (χ2n) is 10.2. The molecule has 0 saturated carbocycles. The molecule has 3 N–H and O–H groups in total. The normalized spacial score (nSPS) is 23.4. The van der Waals surface area contributed by atoms with Crippen LogP contribution in [-0.2, 0) is 12.1 Å². The van der Waals surface area contributed by atoms with E-state index in [4.69, 9.17) is 0 Å². The van der Waals surface area contributed by atoms with E-state index in [1.807, 2.05) is 19.2 Å². The second-order valence-corrected chi connectivity index (χ2v) is 10.2. The summed E-state index contributed by atoms with van der Waals surface area (Å²) in [6, 6.07) is 11.0. The van der Waals surface area contributed by atoms with Gasteiger partial charge in [-0.2, -0.15) is 0 Å². The van der Waals surface area contributed by atoms with Crippen LogP contribution in [0.3, 0.4) is 0 Å². The number of aromatic nitrogens is 1. The summed E-state index contributed by atoms with van der Waals surface area (Å²) in [5, 5.41) is 17.5. The number of likely N-dealkylation sites (tertiary alicyclic amines) is 2. The van der Waals surface area contributed by atoms with E-state index >= 15 is 0 Å². The SMILES string of the molecule is CNCc1ccc(-c2ccc(C3(O)C4CN(C)CC3CN(C(=O)Nc3cc(F)cc(F)c3)C4)nc2)cc1F. The van der Waals surface area contributed by atoms with Crippen LogP contribution in [-0.4, -0.2) is 66.2 Å². The number of piperidine rings is 2. The Hall–Kier alpha value is -3.47. The van der Waals surface area contributed by atoms with Gasteiger partial charge in [-0.25, -0.2) is 18.0 Å². The molecule has 3 heterocycles. The topological polar surface area (TPSA) is 80.7 Å². The third-order valence-corrected chi connectivity index (χ3v) is 7.52. The van der Waals surface area contributed by atoms with Crippen LogP contribution in [0.5, 0.6) is 0 Å². The van der Waals surface area contributed by atoms with E-state index in [1.54, 1.807) is 30.3 Å². The fourth-order valence-corrected chi connectivity index (χ4v) is 5.71. The minimum atomic E-state index is -1.27. The number of carbonyl (C=O) groups is 1. The third kappa shape index (κ3) is 4.99. The molecule has 0 radical (unpaired) electrons. The number of aliphatic hydroxyl groups is 1. The number of halogens is 3. The van der Waals surface area contributed by atoms with Crippen LogP contribution in [0.2, 0.25) is 0 Å². The summed E-state index contributed by atoms with van der Waals surface area (Å²) in [4.78, 5) is 21.3. The van der Waals surface area contributed by atoms with Crippen molar-refractivity contribution in [2.75, 3.05) is 45.6 Å². The molecule has 7 nitrogen and oxygen atoms in total. The van der Waals surface area contributed by atoms with Gasteiger partial charge in [-0.1, -0.05) is 18.2 Å². The summed E-state index contributed by atoms with van der Waals surface area (Å²) < 4.78 is 41.6. The molecule has 10 heteroatoms. The van der Waals surface area contributed by atoms with Crippen molar-refractivity contribution < 1.29 is 23.1 Å². The number of urea groups is 1. The first-order chi connectivity index (χ1) is 18.2. The van der Waals surface area contributed by atoms with Crippen molar-refractivity contribution in [1.82, 2.24) is 20.1 Å². The van der Waals surface area contributed by atoms with Gasteiger partial charge in [-0.3, -0.25) is 4.98 Å². The summed E-state index contributed by atoms with van der Waals surface area (Å²) in [5.41, 5.74) is 1.26. The van der Waals surface area contributed by atoms with Crippen LogP contribution >= 0.6 is 0 Å². The minimum absolute atomic E-state index is 0.0308. The predicted molar refractivity (Wildman–Crippen MR) is 138 cm³/mol. The van der Waals surface area contributed by atoms with E-state index in [9.17, 15) is 23.1 Å². The maximum Gasteiger partial charge on any atom is 0.321 e. The van der Waals surface area contributed by atoms with E-state index in [0.29, 0.717) is 36.5 Å². The molecule has 2 saturated heterocycles. The number of nitrogens with one attached hydrogen (secondary N) is 2. The number of hydrogen-bond donors (Lipinski definition) is 3. The molecule has 0 aliphatic carbocycles. The number of hydrogen-bond acceptors (Lipinski definition) is 5. The van der Waals surface area contributed by atoms with Gasteiger partial charge in [0.2, 0.25) is 0 Å². The molecule has 200 valence electrons. The third-order valence-electron chi connectivity index (χ3n) is 7.52. The Morgan fingerprint density at radius 2 is 1.66 bits per heavy atom. The van der Waals surface area contributed by atoms with Crippen molar-refractivity contribution in [3.05, 3.63) is 83.4 Å². The van der Waals surface area contributed by atoms with Gasteiger partial charge in [-0.05, 0) is 43.9 Å². The molecule has 5 rings (SSSR count). The van der Waals surface area contributed by atoms with Crippen LogP contribution in [0.1, 0.15) is 11.3 Å².